The molecule has 2 saturated heterocycles. The number of ether oxygens (including phenoxy) is 1. The van der Waals surface area contributed by atoms with Gasteiger partial charge in [0.2, 0.25) is 0 Å². The molecular weight excluding hydrogens is 190 g/mol. The number of nitrogens with zero attached hydrogens (tertiary/aromatic N) is 1. The smallest absolute Gasteiger partial charge is 0.0586 e. The van der Waals surface area contributed by atoms with E-state index in [2.05, 4.69) is 11.8 Å². The zero-order valence-corrected chi connectivity index (χ0v) is 9.74. The van der Waals surface area contributed by atoms with Gasteiger partial charge in [0.15, 0.2) is 0 Å². The van der Waals surface area contributed by atoms with E-state index < -0.39 is 0 Å². The summed E-state index contributed by atoms with van der Waals surface area (Å²) in [5, 5.41) is 9.28. The average Bonchev–Trinajstić information content (AvgIpc) is 2.65. The van der Waals surface area contributed by atoms with E-state index in [-0.39, 0.29) is 0 Å². The Morgan fingerprint density at radius 3 is 2.80 bits per heavy atom. The van der Waals surface area contributed by atoms with Crippen molar-refractivity contribution in [2.24, 2.45) is 5.41 Å². The first-order valence-corrected chi connectivity index (χ1v) is 6.16. The summed E-state index contributed by atoms with van der Waals surface area (Å²) < 4.78 is 5.41. The fourth-order valence-corrected chi connectivity index (χ4v) is 2.82. The van der Waals surface area contributed by atoms with Crippen molar-refractivity contribution in [3.63, 3.8) is 0 Å². The molecule has 3 heteroatoms. The van der Waals surface area contributed by atoms with Gasteiger partial charge in [-0.15, -0.1) is 0 Å². The van der Waals surface area contributed by atoms with Gasteiger partial charge in [0.1, 0.15) is 0 Å². The summed E-state index contributed by atoms with van der Waals surface area (Å²) >= 11 is 0. The summed E-state index contributed by atoms with van der Waals surface area (Å²) in [6.07, 6.45) is 4.75. The molecule has 1 N–H and O–H groups in total. The number of rotatable bonds is 3. The number of hydrogen-bond donors (Lipinski definition) is 1. The Kier molecular flexibility index (Phi) is 3.65. The first-order chi connectivity index (χ1) is 7.23. The Morgan fingerprint density at radius 1 is 1.40 bits per heavy atom. The highest BCUT2D eigenvalue weighted by Crippen LogP contribution is 2.33. The summed E-state index contributed by atoms with van der Waals surface area (Å²) in [5.41, 5.74) is 0.413. The third kappa shape index (κ3) is 2.71. The molecule has 2 aliphatic rings. The topological polar surface area (TPSA) is 32.7 Å². The third-order valence-corrected chi connectivity index (χ3v) is 3.99. The van der Waals surface area contributed by atoms with Crippen LogP contribution in [0.1, 0.15) is 32.6 Å². The second-order valence-corrected chi connectivity index (χ2v) is 5.37. The summed E-state index contributed by atoms with van der Waals surface area (Å²) in [6, 6.07) is 0.421. The van der Waals surface area contributed by atoms with E-state index in [1.165, 1.54) is 32.2 Å². The van der Waals surface area contributed by atoms with E-state index in [1.807, 2.05) is 0 Å². The Bertz CT molecular complexity index is 202. The molecular formula is C12H23NO2. The Balaban J connectivity index is 1.88. The van der Waals surface area contributed by atoms with Gasteiger partial charge < -0.3 is 9.84 Å². The van der Waals surface area contributed by atoms with E-state index in [4.69, 9.17) is 4.74 Å². The fourth-order valence-electron chi connectivity index (χ4n) is 2.82. The van der Waals surface area contributed by atoms with Crippen molar-refractivity contribution in [2.75, 3.05) is 32.9 Å². The van der Waals surface area contributed by atoms with Crippen LogP contribution in [0.15, 0.2) is 0 Å². The van der Waals surface area contributed by atoms with Crippen LogP contribution in [-0.4, -0.2) is 49.0 Å². The van der Waals surface area contributed by atoms with E-state index in [1.54, 1.807) is 0 Å². The Hall–Kier alpha value is -0.120. The number of likely N-dealkylation sites (tertiary alicyclic amines) is 1. The van der Waals surface area contributed by atoms with Gasteiger partial charge >= 0.3 is 0 Å². The molecule has 0 aromatic rings. The van der Waals surface area contributed by atoms with Gasteiger partial charge in [-0.05, 0) is 37.6 Å². The van der Waals surface area contributed by atoms with Gasteiger partial charge in [-0.25, -0.2) is 0 Å². The van der Waals surface area contributed by atoms with E-state index in [0.29, 0.717) is 18.1 Å². The summed E-state index contributed by atoms with van der Waals surface area (Å²) in [6.45, 7) is 6.82. The van der Waals surface area contributed by atoms with Crippen LogP contribution in [0.25, 0.3) is 0 Å². The van der Waals surface area contributed by atoms with Crippen molar-refractivity contribution in [1.29, 1.82) is 0 Å². The van der Waals surface area contributed by atoms with Gasteiger partial charge in [0, 0.05) is 25.8 Å². The lowest BCUT2D eigenvalue weighted by molar-refractivity contribution is -0.000831. The number of aliphatic hydroxyl groups excluding tert-OH is 1. The van der Waals surface area contributed by atoms with Crippen molar-refractivity contribution in [2.45, 2.75) is 38.6 Å². The molecule has 0 spiro atoms. The minimum Gasteiger partial charge on any atom is -0.395 e. The van der Waals surface area contributed by atoms with Gasteiger partial charge in [0.05, 0.1) is 6.61 Å². The van der Waals surface area contributed by atoms with E-state index in [9.17, 15) is 5.11 Å². The van der Waals surface area contributed by atoms with Crippen LogP contribution in [0.4, 0.5) is 0 Å². The minimum absolute atomic E-state index is 0.326. The van der Waals surface area contributed by atoms with Gasteiger partial charge in [0.25, 0.3) is 0 Å². The Morgan fingerprint density at radius 2 is 2.13 bits per heavy atom. The first kappa shape index (κ1) is 11.4. The lowest BCUT2D eigenvalue weighted by Gasteiger charge is -2.38. The lowest BCUT2D eigenvalue weighted by atomic mass is 9.82. The average molecular weight is 213 g/mol. The van der Waals surface area contributed by atoms with Crippen LogP contribution in [0, 0.1) is 5.41 Å². The van der Waals surface area contributed by atoms with Crippen molar-refractivity contribution in [1.82, 2.24) is 4.90 Å². The van der Waals surface area contributed by atoms with Crippen LogP contribution in [0.3, 0.4) is 0 Å². The quantitative estimate of drug-likeness (QED) is 0.766. The SMILES string of the molecule is CC1(CN2CCCC2CO)CCOCC1. The molecule has 15 heavy (non-hydrogen) atoms. The Labute approximate surface area is 92.4 Å². The lowest BCUT2D eigenvalue weighted by Crippen LogP contribution is -2.42. The summed E-state index contributed by atoms with van der Waals surface area (Å²) in [4.78, 5) is 2.48. The van der Waals surface area contributed by atoms with Gasteiger partial charge in [-0.1, -0.05) is 6.92 Å². The minimum atomic E-state index is 0.326. The highest BCUT2D eigenvalue weighted by Gasteiger charge is 2.33. The van der Waals surface area contributed by atoms with E-state index >= 15 is 0 Å². The molecule has 0 bridgehead atoms. The maximum Gasteiger partial charge on any atom is 0.0586 e. The molecule has 2 heterocycles. The predicted molar refractivity (Wildman–Crippen MR) is 59.8 cm³/mol. The first-order valence-electron chi connectivity index (χ1n) is 6.16. The molecule has 1 unspecified atom stereocenters. The van der Waals surface area contributed by atoms with Crippen molar-refractivity contribution in [3.05, 3.63) is 0 Å². The predicted octanol–water partition coefficient (Wildman–Crippen LogP) is 1.26. The molecule has 0 aliphatic carbocycles. The largest absolute Gasteiger partial charge is 0.395 e. The molecule has 88 valence electrons. The monoisotopic (exact) mass is 213 g/mol. The molecule has 2 rings (SSSR count). The normalized spacial score (nSPS) is 32.0. The molecule has 0 aromatic carbocycles. The highest BCUT2D eigenvalue weighted by atomic mass is 16.5. The van der Waals surface area contributed by atoms with Crippen molar-refractivity contribution in [3.8, 4) is 0 Å². The van der Waals surface area contributed by atoms with Crippen LogP contribution in [0.5, 0.6) is 0 Å². The van der Waals surface area contributed by atoms with Crippen LogP contribution >= 0.6 is 0 Å². The van der Waals surface area contributed by atoms with E-state index in [0.717, 1.165) is 19.8 Å². The maximum atomic E-state index is 9.28. The van der Waals surface area contributed by atoms with Crippen molar-refractivity contribution >= 4 is 0 Å². The third-order valence-electron chi connectivity index (χ3n) is 3.99. The zero-order chi connectivity index (χ0) is 10.7. The molecule has 0 amide bonds. The van der Waals surface area contributed by atoms with Gasteiger partial charge in [-0.2, -0.15) is 0 Å². The molecule has 0 radical (unpaired) electrons. The second kappa shape index (κ2) is 4.81. The highest BCUT2D eigenvalue weighted by molar-refractivity contribution is 4.86. The second-order valence-electron chi connectivity index (χ2n) is 5.37. The molecule has 2 aliphatic heterocycles. The fraction of sp³-hybridized carbons (Fsp3) is 1.00. The molecule has 0 saturated carbocycles. The number of aliphatic hydroxyl groups is 1. The molecule has 0 aromatic heterocycles. The summed E-state index contributed by atoms with van der Waals surface area (Å²) in [5.74, 6) is 0. The van der Waals surface area contributed by atoms with Crippen LogP contribution in [-0.2, 0) is 4.74 Å². The number of hydrogen-bond acceptors (Lipinski definition) is 3. The van der Waals surface area contributed by atoms with Crippen LogP contribution in [0.2, 0.25) is 0 Å². The molecule has 2 fully saturated rings. The molecule has 1 atom stereocenters. The summed E-state index contributed by atoms with van der Waals surface area (Å²) in [7, 11) is 0. The van der Waals surface area contributed by atoms with Gasteiger partial charge in [-0.3, -0.25) is 4.90 Å². The standard InChI is InChI=1S/C12H23NO2/c1-12(4-7-15-8-5-12)10-13-6-2-3-11(13)9-14/h11,14H,2-10H2,1H3. The van der Waals surface area contributed by atoms with Crippen LogP contribution < -0.4 is 0 Å². The maximum absolute atomic E-state index is 9.28. The zero-order valence-electron chi connectivity index (χ0n) is 9.74. The van der Waals surface area contributed by atoms with Crippen molar-refractivity contribution < 1.29 is 9.84 Å². The molecule has 3 nitrogen and oxygen atoms in total.